The summed E-state index contributed by atoms with van der Waals surface area (Å²) >= 11 is 2.83. The number of aromatic nitrogens is 4. The highest BCUT2D eigenvalue weighted by Crippen LogP contribution is 2.39. The third-order valence-electron chi connectivity index (χ3n) is 5.84. The summed E-state index contributed by atoms with van der Waals surface area (Å²) in [6.07, 6.45) is 5.47. The Labute approximate surface area is 195 Å². The van der Waals surface area contributed by atoms with E-state index in [-0.39, 0.29) is 11.7 Å². The molecule has 1 aliphatic rings. The molecule has 0 saturated carbocycles. The number of thioether (sulfide) groups is 1. The highest BCUT2D eigenvalue weighted by molar-refractivity contribution is 7.99. The number of hydrogen-bond donors (Lipinski definition) is 2. The van der Waals surface area contributed by atoms with E-state index in [2.05, 4.69) is 33.1 Å². The van der Waals surface area contributed by atoms with Crippen molar-refractivity contribution in [3.8, 4) is 0 Å². The van der Waals surface area contributed by atoms with Gasteiger partial charge in [-0.2, -0.15) is 0 Å². The maximum atomic E-state index is 12.7. The Bertz CT molecular complexity index is 1150. The van der Waals surface area contributed by atoms with Crippen LogP contribution in [-0.4, -0.2) is 36.9 Å². The molecule has 0 aromatic carbocycles. The smallest absolute Gasteiger partial charge is 0.251 e. The molecular weight excluding hydrogens is 444 g/mol. The van der Waals surface area contributed by atoms with Crippen LogP contribution in [0.1, 0.15) is 52.6 Å². The van der Waals surface area contributed by atoms with Crippen LogP contribution in [0.5, 0.6) is 0 Å². The number of nitrogens with zero attached hydrogens (tertiary/aromatic N) is 4. The molecule has 0 bridgehead atoms. The topological polar surface area (TPSA) is 108 Å². The van der Waals surface area contributed by atoms with Crippen LogP contribution in [0, 0.1) is 5.92 Å². The van der Waals surface area contributed by atoms with Gasteiger partial charge in [0, 0.05) is 36.8 Å². The fraction of sp³-hybridized carbons (Fsp3) is 0.455. The van der Waals surface area contributed by atoms with Gasteiger partial charge in [-0.15, -0.1) is 21.5 Å². The first kappa shape index (κ1) is 22.6. The van der Waals surface area contributed by atoms with Crippen LogP contribution in [0.15, 0.2) is 23.5 Å². The molecule has 3 aromatic heterocycles. The lowest BCUT2D eigenvalue weighted by atomic mass is 9.88. The van der Waals surface area contributed by atoms with Crippen molar-refractivity contribution in [1.82, 2.24) is 19.3 Å². The zero-order chi connectivity index (χ0) is 22.8. The molecule has 0 radical (unpaired) electrons. The lowest BCUT2D eigenvalue weighted by molar-refractivity contribution is -0.113. The van der Waals surface area contributed by atoms with E-state index >= 15 is 0 Å². The fourth-order valence-electron chi connectivity index (χ4n) is 4.11. The quantitative estimate of drug-likeness (QED) is 0.489. The van der Waals surface area contributed by atoms with E-state index in [1.54, 1.807) is 0 Å². The minimum atomic E-state index is -0.476. The summed E-state index contributed by atoms with van der Waals surface area (Å²) in [5.74, 6) is 0.966. The number of fused-ring (bicyclic) bond motifs is 1. The van der Waals surface area contributed by atoms with Crippen LogP contribution < -0.4 is 11.1 Å². The maximum Gasteiger partial charge on any atom is 0.251 e. The van der Waals surface area contributed by atoms with Gasteiger partial charge in [0.15, 0.2) is 5.16 Å². The molecule has 0 fully saturated rings. The SMILES string of the molecule is CCn1c(Cc2cccn2C)nnc1SCC(=O)Nc1sc2c(c1C(N)=O)CCC(C)C2. The minimum absolute atomic E-state index is 0.180. The van der Waals surface area contributed by atoms with E-state index in [0.29, 0.717) is 28.1 Å². The summed E-state index contributed by atoms with van der Waals surface area (Å²) in [5, 5.41) is 12.8. The van der Waals surface area contributed by atoms with Crippen molar-refractivity contribution in [3.63, 3.8) is 0 Å². The van der Waals surface area contributed by atoms with Gasteiger partial charge in [-0.25, -0.2) is 0 Å². The van der Waals surface area contributed by atoms with Gasteiger partial charge in [-0.05, 0) is 49.8 Å². The number of nitrogens with two attached hydrogens (primary N) is 1. The van der Waals surface area contributed by atoms with Crippen molar-refractivity contribution in [3.05, 3.63) is 45.9 Å². The maximum absolute atomic E-state index is 12.7. The molecule has 32 heavy (non-hydrogen) atoms. The van der Waals surface area contributed by atoms with Gasteiger partial charge in [0.2, 0.25) is 5.91 Å². The molecule has 0 spiro atoms. The van der Waals surface area contributed by atoms with Crippen LogP contribution in [-0.2, 0) is 37.6 Å². The molecule has 0 aliphatic heterocycles. The third-order valence-corrected chi connectivity index (χ3v) is 7.98. The summed E-state index contributed by atoms with van der Waals surface area (Å²) in [7, 11) is 2.01. The van der Waals surface area contributed by atoms with Gasteiger partial charge in [0.1, 0.15) is 10.8 Å². The Balaban J connectivity index is 1.44. The number of carbonyl (C=O) groups excluding carboxylic acids is 2. The Morgan fingerprint density at radius 1 is 1.38 bits per heavy atom. The lowest BCUT2D eigenvalue weighted by Gasteiger charge is -2.18. The zero-order valence-corrected chi connectivity index (χ0v) is 20.2. The number of nitrogens with one attached hydrogen (secondary N) is 1. The van der Waals surface area contributed by atoms with E-state index in [1.807, 2.05) is 30.8 Å². The summed E-state index contributed by atoms with van der Waals surface area (Å²) in [6.45, 7) is 4.97. The third kappa shape index (κ3) is 4.61. The number of aryl methyl sites for hydroxylation is 1. The van der Waals surface area contributed by atoms with E-state index in [4.69, 9.17) is 5.73 Å². The summed E-state index contributed by atoms with van der Waals surface area (Å²) in [6, 6.07) is 4.07. The van der Waals surface area contributed by atoms with E-state index in [0.717, 1.165) is 47.8 Å². The molecule has 1 atom stereocenters. The lowest BCUT2D eigenvalue weighted by Crippen LogP contribution is -2.20. The van der Waals surface area contributed by atoms with Crippen LogP contribution >= 0.6 is 23.1 Å². The minimum Gasteiger partial charge on any atom is -0.365 e. The first-order valence-electron chi connectivity index (χ1n) is 10.8. The second-order valence-corrected chi connectivity index (χ2v) is 10.2. The van der Waals surface area contributed by atoms with Crippen LogP contribution in [0.4, 0.5) is 5.00 Å². The summed E-state index contributed by atoms with van der Waals surface area (Å²) in [4.78, 5) is 26.0. The van der Waals surface area contributed by atoms with Crippen molar-refractivity contribution in [2.75, 3.05) is 11.1 Å². The van der Waals surface area contributed by atoms with Crippen LogP contribution in [0.25, 0.3) is 0 Å². The van der Waals surface area contributed by atoms with Gasteiger partial charge in [0.05, 0.1) is 11.3 Å². The molecule has 4 rings (SSSR count). The molecule has 3 N–H and O–H groups in total. The normalized spacial score (nSPS) is 15.5. The van der Waals surface area contributed by atoms with Crippen molar-refractivity contribution in [2.45, 2.75) is 51.2 Å². The highest BCUT2D eigenvalue weighted by Gasteiger charge is 2.27. The number of primary amides is 1. The average Bonchev–Trinajstić information content (AvgIpc) is 3.43. The molecule has 1 unspecified atom stereocenters. The van der Waals surface area contributed by atoms with E-state index in [9.17, 15) is 9.59 Å². The number of thiophene rings is 1. The molecule has 3 heterocycles. The van der Waals surface area contributed by atoms with Gasteiger partial charge in [-0.1, -0.05) is 18.7 Å². The Hall–Kier alpha value is -2.59. The molecule has 170 valence electrons. The molecule has 3 aromatic rings. The molecule has 8 nitrogen and oxygen atoms in total. The van der Waals surface area contributed by atoms with Crippen LogP contribution in [0.2, 0.25) is 0 Å². The van der Waals surface area contributed by atoms with Crippen molar-refractivity contribution >= 4 is 39.9 Å². The first-order valence-corrected chi connectivity index (χ1v) is 12.6. The van der Waals surface area contributed by atoms with Crippen molar-refractivity contribution in [2.24, 2.45) is 18.7 Å². The number of amides is 2. The summed E-state index contributed by atoms with van der Waals surface area (Å²) in [5.41, 5.74) is 8.30. The molecule has 0 saturated heterocycles. The molecule has 10 heteroatoms. The van der Waals surface area contributed by atoms with E-state index < -0.39 is 5.91 Å². The van der Waals surface area contributed by atoms with Gasteiger partial charge in [-0.3, -0.25) is 9.59 Å². The Kier molecular flexibility index (Phi) is 6.71. The zero-order valence-electron chi connectivity index (χ0n) is 18.6. The van der Waals surface area contributed by atoms with Crippen LogP contribution in [0.3, 0.4) is 0 Å². The largest absolute Gasteiger partial charge is 0.365 e. The predicted octanol–water partition coefficient (Wildman–Crippen LogP) is 3.24. The van der Waals surface area contributed by atoms with E-state index in [1.165, 1.54) is 23.1 Å². The highest BCUT2D eigenvalue weighted by atomic mass is 32.2. The Morgan fingerprint density at radius 2 is 2.19 bits per heavy atom. The predicted molar refractivity (Wildman–Crippen MR) is 127 cm³/mol. The number of hydrogen-bond acceptors (Lipinski definition) is 6. The standard InChI is InChI=1S/C22H28N6O2S2/c1-4-28-17(11-14-6-5-9-27(14)3)25-26-22(28)31-12-18(29)24-21-19(20(23)30)15-8-7-13(2)10-16(15)32-21/h5-6,9,13H,4,7-8,10-12H2,1-3H3,(H2,23,30)(H,24,29). The second kappa shape index (κ2) is 9.50. The van der Waals surface area contributed by atoms with Gasteiger partial charge < -0.3 is 20.2 Å². The Morgan fingerprint density at radius 3 is 2.88 bits per heavy atom. The average molecular weight is 473 g/mol. The number of anilines is 1. The first-order chi connectivity index (χ1) is 15.4. The molecule has 1 aliphatic carbocycles. The molecule has 2 amide bonds. The van der Waals surface area contributed by atoms with Gasteiger partial charge >= 0.3 is 0 Å². The summed E-state index contributed by atoms with van der Waals surface area (Å²) < 4.78 is 4.09. The number of rotatable bonds is 8. The monoisotopic (exact) mass is 472 g/mol. The molecular formula is C22H28N6O2S2. The van der Waals surface area contributed by atoms with Crippen molar-refractivity contribution < 1.29 is 9.59 Å². The fourth-order valence-corrected chi connectivity index (χ4v) is 6.36. The number of carbonyl (C=O) groups is 2. The second-order valence-electron chi connectivity index (χ2n) is 8.19. The van der Waals surface area contributed by atoms with Crippen molar-refractivity contribution in [1.29, 1.82) is 0 Å². The van der Waals surface area contributed by atoms with Gasteiger partial charge in [0.25, 0.3) is 5.91 Å².